The molecule has 3 rings (SSSR count). The number of nitrogens with one attached hydrogen (secondary N) is 1. The number of rotatable bonds is 3. The first-order valence-electron chi connectivity index (χ1n) is 8.07. The minimum atomic E-state index is -1.00. The zero-order valence-corrected chi connectivity index (χ0v) is 14.1. The van der Waals surface area contributed by atoms with Crippen LogP contribution in [0.3, 0.4) is 0 Å². The standard InChI is InChI=1S/C18H20ClNO4/c19-16-4-3-15(11-14(16)2-1-13-5-8-24-12-13)20-18(17(21)22)6-9-23-10-7-18/h3-4,11,13,20H,5-10,12H2,(H,21,22). The molecule has 5 nitrogen and oxygen atoms in total. The molecule has 1 atom stereocenters. The van der Waals surface area contributed by atoms with Crippen LogP contribution < -0.4 is 5.32 Å². The molecule has 2 saturated heterocycles. The summed E-state index contributed by atoms with van der Waals surface area (Å²) in [5, 5.41) is 13.4. The number of carbonyl (C=O) groups is 1. The fourth-order valence-corrected chi connectivity index (χ4v) is 3.08. The van der Waals surface area contributed by atoms with Crippen molar-refractivity contribution in [3.63, 3.8) is 0 Å². The largest absolute Gasteiger partial charge is 0.480 e. The lowest BCUT2D eigenvalue weighted by atomic mass is 9.89. The molecule has 0 saturated carbocycles. The molecule has 6 heteroatoms. The van der Waals surface area contributed by atoms with Gasteiger partial charge in [0.05, 0.1) is 11.6 Å². The van der Waals surface area contributed by atoms with E-state index in [2.05, 4.69) is 17.2 Å². The molecule has 2 N–H and O–H groups in total. The van der Waals surface area contributed by atoms with E-state index in [1.54, 1.807) is 12.1 Å². The Bertz CT molecular complexity index is 667. The van der Waals surface area contributed by atoms with E-state index in [1.165, 1.54) is 0 Å². The maximum atomic E-state index is 11.7. The Kier molecular flexibility index (Phi) is 5.30. The highest BCUT2D eigenvalue weighted by Crippen LogP contribution is 2.28. The Morgan fingerprint density at radius 2 is 2.08 bits per heavy atom. The lowest BCUT2D eigenvalue weighted by Gasteiger charge is -2.34. The summed E-state index contributed by atoms with van der Waals surface area (Å²) in [6, 6.07) is 5.34. The van der Waals surface area contributed by atoms with Gasteiger partial charge < -0.3 is 19.9 Å². The monoisotopic (exact) mass is 349 g/mol. The van der Waals surface area contributed by atoms with Gasteiger partial charge in [0.2, 0.25) is 0 Å². The van der Waals surface area contributed by atoms with Crippen molar-refractivity contribution >= 4 is 23.3 Å². The topological polar surface area (TPSA) is 67.8 Å². The summed E-state index contributed by atoms with van der Waals surface area (Å²) in [5.74, 6) is 5.65. The molecular weight excluding hydrogens is 330 g/mol. The van der Waals surface area contributed by atoms with Crippen molar-refractivity contribution in [1.29, 1.82) is 0 Å². The van der Waals surface area contributed by atoms with Crippen LogP contribution in [-0.2, 0) is 14.3 Å². The van der Waals surface area contributed by atoms with Crippen LogP contribution in [0.15, 0.2) is 18.2 Å². The van der Waals surface area contributed by atoms with Crippen LogP contribution in [0.2, 0.25) is 5.02 Å². The van der Waals surface area contributed by atoms with Gasteiger partial charge >= 0.3 is 5.97 Å². The fourth-order valence-electron chi connectivity index (χ4n) is 2.92. The third-order valence-electron chi connectivity index (χ3n) is 4.45. The second-order valence-corrected chi connectivity index (χ2v) is 6.56. The first kappa shape index (κ1) is 17.1. The molecule has 0 bridgehead atoms. The van der Waals surface area contributed by atoms with Crippen LogP contribution in [0.4, 0.5) is 5.69 Å². The quantitative estimate of drug-likeness (QED) is 0.821. The second kappa shape index (κ2) is 7.43. The normalized spacial score (nSPS) is 22.5. The maximum absolute atomic E-state index is 11.7. The third kappa shape index (κ3) is 3.84. The summed E-state index contributed by atoms with van der Waals surface area (Å²) in [6.45, 7) is 2.27. The van der Waals surface area contributed by atoms with E-state index in [-0.39, 0.29) is 5.92 Å². The molecule has 128 valence electrons. The summed E-state index contributed by atoms with van der Waals surface area (Å²) in [6.07, 6.45) is 1.78. The van der Waals surface area contributed by atoms with Crippen molar-refractivity contribution in [2.75, 3.05) is 31.7 Å². The van der Waals surface area contributed by atoms with E-state index >= 15 is 0 Å². The van der Waals surface area contributed by atoms with E-state index in [9.17, 15) is 9.90 Å². The van der Waals surface area contributed by atoms with Crippen molar-refractivity contribution in [1.82, 2.24) is 0 Å². The maximum Gasteiger partial charge on any atom is 0.329 e. The summed E-state index contributed by atoms with van der Waals surface area (Å²) >= 11 is 6.22. The van der Waals surface area contributed by atoms with E-state index in [1.807, 2.05) is 6.07 Å². The zero-order chi connectivity index (χ0) is 17.0. The van der Waals surface area contributed by atoms with Gasteiger partial charge in [-0.2, -0.15) is 0 Å². The Balaban J connectivity index is 1.80. The highest BCUT2D eigenvalue weighted by molar-refractivity contribution is 6.31. The molecule has 2 aliphatic heterocycles. The molecule has 0 amide bonds. The number of hydrogen-bond acceptors (Lipinski definition) is 4. The second-order valence-electron chi connectivity index (χ2n) is 6.15. The molecule has 0 aliphatic carbocycles. The van der Waals surface area contributed by atoms with Crippen LogP contribution in [0.5, 0.6) is 0 Å². The molecule has 2 aliphatic rings. The number of carboxylic acids is 1. The molecule has 1 unspecified atom stereocenters. The Labute approximate surface area is 146 Å². The lowest BCUT2D eigenvalue weighted by molar-refractivity contribution is -0.145. The van der Waals surface area contributed by atoms with Crippen molar-refractivity contribution in [3.05, 3.63) is 28.8 Å². The van der Waals surface area contributed by atoms with Crippen LogP contribution in [0.1, 0.15) is 24.8 Å². The molecule has 24 heavy (non-hydrogen) atoms. The number of hydrogen-bond donors (Lipinski definition) is 2. The Morgan fingerprint density at radius 1 is 1.29 bits per heavy atom. The van der Waals surface area contributed by atoms with Gasteiger partial charge in [0.1, 0.15) is 5.54 Å². The minimum absolute atomic E-state index is 0.235. The van der Waals surface area contributed by atoms with Crippen LogP contribution in [0, 0.1) is 17.8 Å². The summed E-state index contributed by atoms with van der Waals surface area (Å²) < 4.78 is 10.6. The lowest BCUT2D eigenvalue weighted by Crippen LogP contribution is -2.50. The van der Waals surface area contributed by atoms with Gasteiger partial charge in [-0.05, 0) is 24.6 Å². The van der Waals surface area contributed by atoms with Crippen LogP contribution in [-0.4, -0.2) is 43.0 Å². The predicted molar refractivity (Wildman–Crippen MR) is 91.3 cm³/mol. The number of ether oxygens (including phenoxy) is 2. The molecule has 0 spiro atoms. The number of aliphatic carboxylic acids is 1. The van der Waals surface area contributed by atoms with Gasteiger partial charge in [0.25, 0.3) is 0 Å². The molecule has 2 heterocycles. The van der Waals surface area contributed by atoms with Crippen LogP contribution >= 0.6 is 11.6 Å². The first-order chi connectivity index (χ1) is 11.6. The predicted octanol–water partition coefficient (Wildman–Crippen LogP) is 2.77. The molecule has 0 radical (unpaired) electrons. The molecule has 1 aromatic carbocycles. The molecule has 0 aromatic heterocycles. The van der Waals surface area contributed by atoms with Crippen molar-refractivity contribution in [2.24, 2.45) is 5.92 Å². The molecule has 1 aromatic rings. The van der Waals surface area contributed by atoms with Gasteiger partial charge in [-0.1, -0.05) is 23.4 Å². The smallest absolute Gasteiger partial charge is 0.329 e. The van der Waals surface area contributed by atoms with E-state index in [4.69, 9.17) is 21.1 Å². The average Bonchev–Trinajstić information content (AvgIpc) is 3.09. The van der Waals surface area contributed by atoms with Crippen LogP contribution in [0.25, 0.3) is 0 Å². The van der Waals surface area contributed by atoms with Crippen molar-refractivity contribution in [2.45, 2.75) is 24.8 Å². The van der Waals surface area contributed by atoms with Gasteiger partial charge in [-0.15, -0.1) is 0 Å². The number of anilines is 1. The minimum Gasteiger partial charge on any atom is -0.480 e. The zero-order valence-electron chi connectivity index (χ0n) is 13.3. The Morgan fingerprint density at radius 3 is 2.75 bits per heavy atom. The molecular formula is C18H20ClNO4. The van der Waals surface area contributed by atoms with E-state index in [0.29, 0.717) is 48.9 Å². The number of halogens is 1. The number of carboxylic acid groups (broad SMARTS) is 1. The van der Waals surface area contributed by atoms with E-state index < -0.39 is 11.5 Å². The van der Waals surface area contributed by atoms with Gasteiger partial charge in [-0.3, -0.25) is 0 Å². The van der Waals surface area contributed by atoms with Crippen molar-refractivity contribution in [3.8, 4) is 11.8 Å². The van der Waals surface area contributed by atoms with Gasteiger partial charge in [0.15, 0.2) is 0 Å². The Hall–Kier alpha value is -1.74. The fraction of sp³-hybridized carbons (Fsp3) is 0.500. The highest BCUT2D eigenvalue weighted by Gasteiger charge is 2.40. The SMILES string of the molecule is O=C(O)C1(Nc2ccc(Cl)c(C#CC3CCOC3)c2)CCOCC1. The summed E-state index contributed by atoms with van der Waals surface area (Å²) in [7, 11) is 0. The highest BCUT2D eigenvalue weighted by atomic mass is 35.5. The first-order valence-corrected chi connectivity index (χ1v) is 8.45. The summed E-state index contributed by atoms with van der Waals surface area (Å²) in [5.41, 5.74) is 0.396. The third-order valence-corrected chi connectivity index (χ3v) is 4.78. The summed E-state index contributed by atoms with van der Waals surface area (Å²) in [4.78, 5) is 11.7. The van der Waals surface area contributed by atoms with Gasteiger partial charge in [0, 0.05) is 49.8 Å². The molecule has 2 fully saturated rings. The van der Waals surface area contributed by atoms with Crippen molar-refractivity contribution < 1.29 is 19.4 Å². The van der Waals surface area contributed by atoms with E-state index in [0.717, 1.165) is 13.0 Å². The van der Waals surface area contributed by atoms with Gasteiger partial charge in [-0.25, -0.2) is 4.79 Å². The average molecular weight is 350 g/mol. The number of benzene rings is 1.